The molecule has 0 aliphatic heterocycles. The van der Waals surface area contributed by atoms with E-state index >= 15 is 0 Å². The van der Waals surface area contributed by atoms with Crippen LogP contribution in [-0.4, -0.2) is 25.5 Å². The summed E-state index contributed by atoms with van der Waals surface area (Å²) in [6.07, 6.45) is 0. The summed E-state index contributed by atoms with van der Waals surface area (Å²) < 4.78 is 5.34. The molecule has 0 bridgehead atoms. The number of hydrogen-bond donors (Lipinski definition) is 2. The molecule has 0 saturated heterocycles. The van der Waals surface area contributed by atoms with Crippen molar-refractivity contribution < 1.29 is 14.3 Å². The van der Waals surface area contributed by atoms with Crippen LogP contribution in [0.5, 0.6) is 5.75 Å². The molecule has 0 radical (unpaired) electrons. The zero-order valence-electron chi connectivity index (χ0n) is 12.5. The van der Waals surface area contributed by atoms with Gasteiger partial charge in [0, 0.05) is 23.3 Å². The highest BCUT2D eigenvalue weighted by Gasteiger charge is 2.12. The molecule has 0 atom stereocenters. The molecule has 2 rings (SSSR count). The quantitative estimate of drug-likeness (QED) is 0.814. The molecule has 0 aliphatic rings. The Morgan fingerprint density at radius 3 is 2.38 bits per heavy atom. The molecule has 126 valence electrons. The van der Waals surface area contributed by atoms with Gasteiger partial charge in [0.15, 0.2) is 12.4 Å². The van der Waals surface area contributed by atoms with Gasteiger partial charge in [-0.3, -0.25) is 9.59 Å². The van der Waals surface area contributed by atoms with Crippen molar-refractivity contribution in [1.82, 2.24) is 5.32 Å². The van der Waals surface area contributed by atoms with E-state index in [9.17, 15) is 9.59 Å². The van der Waals surface area contributed by atoms with Gasteiger partial charge in [-0.05, 0) is 30.3 Å². The first kappa shape index (κ1) is 18.4. The van der Waals surface area contributed by atoms with Crippen LogP contribution < -0.4 is 15.4 Å². The molecule has 0 saturated carbocycles. The van der Waals surface area contributed by atoms with Crippen molar-refractivity contribution in [2.75, 3.05) is 19.0 Å². The third kappa shape index (κ3) is 4.77. The SMILES string of the molecule is CNC(=O)c1cccc(NC(=O)COc2c(Cl)cc(Cl)cc2Cl)c1. The van der Waals surface area contributed by atoms with E-state index in [2.05, 4.69) is 10.6 Å². The molecule has 0 heterocycles. The van der Waals surface area contributed by atoms with E-state index in [0.717, 1.165) is 0 Å². The summed E-state index contributed by atoms with van der Waals surface area (Å²) in [4.78, 5) is 23.6. The number of ether oxygens (including phenoxy) is 1. The van der Waals surface area contributed by atoms with Gasteiger partial charge in [-0.15, -0.1) is 0 Å². The Labute approximate surface area is 153 Å². The average molecular weight is 388 g/mol. The van der Waals surface area contributed by atoms with Crippen molar-refractivity contribution in [3.63, 3.8) is 0 Å². The van der Waals surface area contributed by atoms with Crippen molar-refractivity contribution in [3.05, 3.63) is 57.0 Å². The molecule has 0 unspecified atom stereocenters. The average Bonchev–Trinajstić information content (AvgIpc) is 2.53. The summed E-state index contributed by atoms with van der Waals surface area (Å²) in [5, 5.41) is 5.92. The van der Waals surface area contributed by atoms with Crippen LogP contribution in [0.4, 0.5) is 5.69 Å². The zero-order chi connectivity index (χ0) is 17.7. The minimum absolute atomic E-state index is 0.178. The highest BCUT2D eigenvalue weighted by Crippen LogP contribution is 2.35. The molecular formula is C16H13Cl3N2O3. The fourth-order valence-corrected chi connectivity index (χ4v) is 2.81. The normalized spacial score (nSPS) is 10.2. The van der Waals surface area contributed by atoms with Crippen LogP contribution in [-0.2, 0) is 4.79 Å². The van der Waals surface area contributed by atoms with Crippen LogP contribution in [0.3, 0.4) is 0 Å². The number of anilines is 1. The zero-order valence-corrected chi connectivity index (χ0v) is 14.8. The summed E-state index contributed by atoms with van der Waals surface area (Å²) in [5.41, 5.74) is 0.901. The third-order valence-electron chi connectivity index (χ3n) is 2.95. The second-order valence-electron chi connectivity index (χ2n) is 4.70. The molecule has 2 aromatic carbocycles. The van der Waals surface area contributed by atoms with Crippen LogP contribution in [0.2, 0.25) is 15.1 Å². The fraction of sp³-hybridized carbons (Fsp3) is 0.125. The van der Waals surface area contributed by atoms with E-state index in [1.165, 1.54) is 19.2 Å². The topological polar surface area (TPSA) is 67.4 Å². The maximum atomic E-state index is 12.0. The van der Waals surface area contributed by atoms with E-state index in [1.54, 1.807) is 24.3 Å². The minimum atomic E-state index is -0.425. The second-order valence-corrected chi connectivity index (χ2v) is 5.95. The Balaban J connectivity index is 2.01. The maximum absolute atomic E-state index is 12.0. The fourth-order valence-electron chi connectivity index (χ4n) is 1.88. The van der Waals surface area contributed by atoms with E-state index in [4.69, 9.17) is 39.5 Å². The maximum Gasteiger partial charge on any atom is 0.262 e. The molecule has 0 aromatic heterocycles. The highest BCUT2D eigenvalue weighted by molar-refractivity contribution is 6.40. The van der Waals surface area contributed by atoms with Crippen molar-refractivity contribution >= 4 is 52.3 Å². The lowest BCUT2D eigenvalue weighted by molar-refractivity contribution is -0.118. The van der Waals surface area contributed by atoms with Crippen LogP contribution in [0, 0.1) is 0 Å². The van der Waals surface area contributed by atoms with E-state index in [-0.39, 0.29) is 28.3 Å². The molecule has 0 fully saturated rings. The van der Waals surface area contributed by atoms with Gasteiger partial charge in [0.2, 0.25) is 0 Å². The molecule has 2 amide bonds. The summed E-state index contributed by atoms with van der Waals surface area (Å²) >= 11 is 17.8. The van der Waals surface area contributed by atoms with Crippen molar-refractivity contribution in [1.29, 1.82) is 0 Å². The summed E-state index contributed by atoms with van der Waals surface area (Å²) in [6, 6.07) is 9.45. The number of nitrogens with one attached hydrogen (secondary N) is 2. The van der Waals surface area contributed by atoms with Gasteiger partial charge in [0.1, 0.15) is 0 Å². The number of carbonyl (C=O) groups excluding carboxylic acids is 2. The van der Waals surface area contributed by atoms with Gasteiger partial charge in [0.25, 0.3) is 11.8 Å². The summed E-state index contributed by atoms with van der Waals surface area (Å²) in [5.74, 6) is -0.495. The number of halogens is 3. The van der Waals surface area contributed by atoms with E-state index in [1.807, 2.05) is 0 Å². The Morgan fingerprint density at radius 2 is 1.75 bits per heavy atom. The second kappa shape index (κ2) is 8.24. The first-order chi connectivity index (χ1) is 11.4. The number of benzene rings is 2. The number of hydrogen-bond acceptors (Lipinski definition) is 3. The number of carbonyl (C=O) groups is 2. The largest absolute Gasteiger partial charge is 0.481 e. The van der Waals surface area contributed by atoms with Crippen molar-refractivity contribution in [2.45, 2.75) is 0 Å². The predicted molar refractivity (Wildman–Crippen MR) is 95.4 cm³/mol. The van der Waals surface area contributed by atoms with Gasteiger partial charge in [-0.2, -0.15) is 0 Å². The van der Waals surface area contributed by atoms with Gasteiger partial charge in [0.05, 0.1) is 10.0 Å². The molecule has 0 aliphatic carbocycles. The highest BCUT2D eigenvalue weighted by atomic mass is 35.5. The lowest BCUT2D eigenvalue weighted by Crippen LogP contribution is -2.21. The molecular weight excluding hydrogens is 375 g/mol. The Kier molecular flexibility index (Phi) is 6.31. The molecule has 2 N–H and O–H groups in total. The number of amides is 2. The van der Waals surface area contributed by atoms with Gasteiger partial charge in [-0.1, -0.05) is 40.9 Å². The van der Waals surface area contributed by atoms with Crippen LogP contribution in [0.25, 0.3) is 0 Å². The van der Waals surface area contributed by atoms with Crippen molar-refractivity contribution in [3.8, 4) is 5.75 Å². The number of rotatable bonds is 5. The molecule has 8 heteroatoms. The lowest BCUT2D eigenvalue weighted by Gasteiger charge is -2.11. The van der Waals surface area contributed by atoms with E-state index in [0.29, 0.717) is 16.3 Å². The lowest BCUT2D eigenvalue weighted by atomic mass is 10.2. The van der Waals surface area contributed by atoms with Gasteiger partial charge in [-0.25, -0.2) is 0 Å². The summed E-state index contributed by atoms with van der Waals surface area (Å²) in [6.45, 7) is -0.300. The van der Waals surface area contributed by atoms with Gasteiger partial charge >= 0.3 is 0 Å². The minimum Gasteiger partial charge on any atom is -0.481 e. The standard InChI is InChI=1S/C16H13Cl3N2O3/c1-20-16(23)9-3-2-4-11(5-9)21-14(22)8-24-15-12(18)6-10(17)7-13(15)19/h2-7H,8H2,1H3,(H,20,23)(H,21,22). The smallest absolute Gasteiger partial charge is 0.262 e. The molecule has 0 spiro atoms. The molecule has 5 nitrogen and oxygen atoms in total. The Morgan fingerprint density at radius 1 is 1.08 bits per heavy atom. The monoisotopic (exact) mass is 386 g/mol. The molecule has 2 aromatic rings. The first-order valence-electron chi connectivity index (χ1n) is 6.80. The van der Waals surface area contributed by atoms with E-state index < -0.39 is 5.91 Å². The van der Waals surface area contributed by atoms with Crippen molar-refractivity contribution in [2.24, 2.45) is 0 Å². The van der Waals surface area contributed by atoms with Crippen LogP contribution in [0.1, 0.15) is 10.4 Å². The third-order valence-corrected chi connectivity index (χ3v) is 3.73. The van der Waals surface area contributed by atoms with Gasteiger partial charge < -0.3 is 15.4 Å². The summed E-state index contributed by atoms with van der Waals surface area (Å²) in [7, 11) is 1.53. The Bertz CT molecular complexity index is 758. The first-order valence-corrected chi connectivity index (χ1v) is 7.93. The van der Waals surface area contributed by atoms with Crippen LogP contribution >= 0.6 is 34.8 Å². The Hall–Kier alpha value is -1.95. The predicted octanol–water partition coefficient (Wildman–Crippen LogP) is 4.02. The van der Waals surface area contributed by atoms with Crippen LogP contribution in [0.15, 0.2) is 36.4 Å². The molecule has 24 heavy (non-hydrogen) atoms.